The van der Waals surface area contributed by atoms with Crippen LogP contribution in [-0.4, -0.2) is 10.0 Å². The molecule has 1 unspecified atom stereocenters. The van der Waals surface area contributed by atoms with E-state index in [0.717, 1.165) is 5.56 Å². The molecule has 0 fully saturated rings. The molecule has 0 aromatic heterocycles. The Bertz CT molecular complexity index is 682. The largest absolute Gasteiger partial charge is 0.388 e. The zero-order chi connectivity index (χ0) is 14.5. The molecule has 0 bridgehead atoms. The molecule has 100 valence electrons. The van der Waals surface area contributed by atoms with Crippen molar-refractivity contribution in [3.05, 3.63) is 75.3 Å². The van der Waals surface area contributed by atoms with Crippen LogP contribution in [0.5, 0.6) is 0 Å². The Hall–Kier alpha value is -2.64. The summed E-state index contributed by atoms with van der Waals surface area (Å²) in [6.07, 6.45) is -0.908. The van der Waals surface area contributed by atoms with Crippen molar-refractivity contribution in [3.63, 3.8) is 0 Å². The predicted molar refractivity (Wildman–Crippen MR) is 76.2 cm³/mol. The molecule has 1 N–H and O–H groups in total. The molecule has 2 rings (SSSR count). The zero-order valence-electron chi connectivity index (χ0n) is 10.9. The second kappa shape index (κ2) is 6.00. The minimum absolute atomic E-state index is 0.0924. The first-order chi connectivity index (χ1) is 9.58. The summed E-state index contributed by atoms with van der Waals surface area (Å²) in [5.41, 5.74) is 1.68. The quantitative estimate of drug-likeness (QED) is 0.516. The Morgan fingerprint density at radius 1 is 1.10 bits per heavy atom. The van der Waals surface area contributed by atoms with Crippen LogP contribution in [0.15, 0.2) is 48.5 Å². The fraction of sp³-hybridized carbons (Fsp3) is 0.125. The minimum Gasteiger partial charge on any atom is -0.388 e. The molecule has 0 aliphatic rings. The van der Waals surface area contributed by atoms with Gasteiger partial charge in [0.2, 0.25) is 0 Å². The van der Waals surface area contributed by atoms with Gasteiger partial charge in [0.05, 0.1) is 16.6 Å². The second-order valence-corrected chi connectivity index (χ2v) is 4.32. The van der Waals surface area contributed by atoms with Crippen LogP contribution in [0, 0.1) is 22.0 Å². The van der Waals surface area contributed by atoms with E-state index in [4.69, 9.17) is 0 Å². The lowest BCUT2D eigenvalue weighted by molar-refractivity contribution is -0.386. The van der Waals surface area contributed by atoms with Gasteiger partial charge in [-0.2, -0.15) is 0 Å². The van der Waals surface area contributed by atoms with Gasteiger partial charge < -0.3 is 5.11 Å². The number of aliphatic hydroxyl groups excluding tert-OH is 1. The van der Waals surface area contributed by atoms with Gasteiger partial charge in [0, 0.05) is 17.2 Å². The standard InChI is InChI=1S/C16H13NO3/c1-12(18)15-11-14(9-10-16(15)17(19)20)8-7-13-5-3-2-4-6-13/h2-6,9-12,18H,1H3. The Balaban J connectivity index is 2.38. The van der Waals surface area contributed by atoms with E-state index in [1.165, 1.54) is 13.0 Å². The lowest BCUT2D eigenvalue weighted by atomic mass is 10.0. The van der Waals surface area contributed by atoms with E-state index in [1.807, 2.05) is 30.3 Å². The molecule has 0 aliphatic heterocycles. The predicted octanol–water partition coefficient (Wildman–Crippen LogP) is 3.05. The molecule has 1 atom stereocenters. The third-order valence-corrected chi connectivity index (χ3v) is 2.80. The van der Waals surface area contributed by atoms with E-state index >= 15 is 0 Å². The lowest BCUT2D eigenvalue weighted by Gasteiger charge is -2.05. The molecule has 4 heteroatoms. The van der Waals surface area contributed by atoms with Crippen molar-refractivity contribution in [2.75, 3.05) is 0 Å². The van der Waals surface area contributed by atoms with Crippen molar-refractivity contribution in [2.45, 2.75) is 13.0 Å². The van der Waals surface area contributed by atoms with Crippen molar-refractivity contribution >= 4 is 5.69 Å². The average Bonchev–Trinajstić information content (AvgIpc) is 2.45. The summed E-state index contributed by atoms with van der Waals surface area (Å²) in [5, 5.41) is 20.5. The van der Waals surface area contributed by atoms with E-state index in [2.05, 4.69) is 11.8 Å². The van der Waals surface area contributed by atoms with Crippen molar-refractivity contribution in [3.8, 4) is 11.8 Å². The number of hydrogen-bond acceptors (Lipinski definition) is 3. The summed E-state index contributed by atoms with van der Waals surface area (Å²) in [6.45, 7) is 1.50. The maximum atomic E-state index is 10.9. The average molecular weight is 267 g/mol. The van der Waals surface area contributed by atoms with Crippen molar-refractivity contribution in [2.24, 2.45) is 0 Å². The highest BCUT2D eigenvalue weighted by molar-refractivity contribution is 5.50. The molecule has 2 aromatic carbocycles. The number of nitro groups is 1. The van der Waals surface area contributed by atoms with Gasteiger partial charge in [-0.05, 0) is 31.2 Å². The Morgan fingerprint density at radius 3 is 2.35 bits per heavy atom. The highest BCUT2D eigenvalue weighted by Gasteiger charge is 2.17. The normalized spacial score (nSPS) is 11.3. The smallest absolute Gasteiger partial charge is 0.275 e. The Morgan fingerprint density at radius 2 is 1.75 bits per heavy atom. The lowest BCUT2D eigenvalue weighted by Crippen LogP contribution is -1.99. The van der Waals surface area contributed by atoms with Gasteiger partial charge >= 0.3 is 0 Å². The number of nitro benzene ring substituents is 1. The summed E-state index contributed by atoms with van der Waals surface area (Å²) in [4.78, 5) is 10.4. The molecular formula is C16H13NO3. The Kier molecular flexibility index (Phi) is 4.14. The molecule has 0 radical (unpaired) electrons. The van der Waals surface area contributed by atoms with Gasteiger partial charge in [0.15, 0.2) is 0 Å². The van der Waals surface area contributed by atoms with Crippen LogP contribution < -0.4 is 0 Å². The van der Waals surface area contributed by atoms with Gasteiger partial charge in [-0.15, -0.1) is 0 Å². The van der Waals surface area contributed by atoms with Gasteiger partial charge in [0.1, 0.15) is 0 Å². The summed E-state index contributed by atoms with van der Waals surface area (Å²) < 4.78 is 0. The number of nitrogens with zero attached hydrogens (tertiary/aromatic N) is 1. The molecule has 0 aliphatic carbocycles. The van der Waals surface area contributed by atoms with Gasteiger partial charge in [-0.1, -0.05) is 30.0 Å². The molecule has 0 saturated carbocycles. The number of rotatable bonds is 2. The topological polar surface area (TPSA) is 63.4 Å². The van der Waals surface area contributed by atoms with Gasteiger partial charge in [0.25, 0.3) is 5.69 Å². The highest BCUT2D eigenvalue weighted by atomic mass is 16.6. The molecule has 0 amide bonds. The summed E-state index contributed by atoms with van der Waals surface area (Å²) in [5.74, 6) is 5.91. The fourth-order valence-corrected chi connectivity index (χ4v) is 1.80. The second-order valence-electron chi connectivity index (χ2n) is 4.32. The summed E-state index contributed by atoms with van der Waals surface area (Å²) >= 11 is 0. The van der Waals surface area contributed by atoms with Gasteiger partial charge in [-0.3, -0.25) is 10.1 Å². The first kappa shape index (κ1) is 13.8. The SMILES string of the molecule is CC(O)c1cc(C#Cc2ccccc2)ccc1[N+](=O)[O-]. The monoisotopic (exact) mass is 267 g/mol. The molecule has 2 aromatic rings. The van der Waals surface area contributed by atoms with Crippen molar-refractivity contribution in [1.29, 1.82) is 0 Å². The van der Waals surface area contributed by atoms with Crippen molar-refractivity contribution in [1.82, 2.24) is 0 Å². The fourth-order valence-electron chi connectivity index (χ4n) is 1.80. The number of aliphatic hydroxyl groups is 1. The molecule has 0 saturated heterocycles. The Labute approximate surface area is 116 Å². The first-order valence-corrected chi connectivity index (χ1v) is 6.11. The molecule has 20 heavy (non-hydrogen) atoms. The van der Waals surface area contributed by atoms with Crippen LogP contribution in [0.3, 0.4) is 0 Å². The summed E-state index contributed by atoms with van der Waals surface area (Å²) in [7, 11) is 0. The van der Waals surface area contributed by atoms with Crippen LogP contribution in [0.25, 0.3) is 0 Å². The van der Waals surface area contributed by atoms with Crippen molar-refractivity contribution < 1.29 is 10.0 Å². The van der Waals surface area contributed by atoms with E-state index in [9.17, 15) is 15.2 Å². The third-order valence-electron chi connectivity index (χ3n) is 2.80. The highest BCUT2D eigenvalue weighted by Crippen LogP contribution is 2.25. The molecule has 4 nitrogen and oxygen atoms in total. The summed E-state index contributed by atoms with van der Waals surface area (Å²) in [6, 6.07) is 14.0. The van der Waals surface area contributed by atoms with E-state index < -0.39 is 11.0 Å². The van der Waals surface area contributed by atoms with Crippen LogP contribution >= 0.6 is 0 Å². The van der Waals surface area contributed by atoms with E-state index in [0.29, 0.717) is 5.56 Å². The zero-order valence-corrected chi connectivity index (χ0v) is 10.9. The van der Waals surface area contributed by atoms with Gasteiger partial charge in [-0.25, -0.2) is 0 Å². The van der Waals surface area contributed by atoms with E-state index in [-0.39, 0.29) is 11.3 Å². The first-order valence-electron chi connectivity index (χ1n) is 6.11. The maximum absolute atomic E-state index is 10.9. The van der Waals surface area contributed by atoms with Crippen LogP contribution in [0.4, 0.5) is 5.69 Å². The van der Waals surface area contributed by atoms with Crippen LogP contribution in [0.1, 0.15) is 29.7 Å². The number of hydrogen-bond donors (Lipinski definition) is 1. The van der Waals surface area contributed by atoms with Crippen LogP contribution in [-0.2, 0) is 0 Å². The minimum atomic E-state index is -0.908. The van der Waals surface area contributed by atoms with E-state index in [1.54, 1.807) is 12.1 Å². The van der Waals surface area contributed by atoms with Crippen LogP contribution in [0.2, 0.25) is 0 Å². The molecular weight excluding hydrogens is 254 g/mol. The maximum Gasteiger partial charge on any atom is 0.275 e. The third kappa shape index (κ3) is 3.22. The molecule has 0 spiro atoms. The number of benzene rings is 2. The molecule has 0 heterocycles.